The lowest BCUT2D eigenvalue weighted by Gasteiger charge is -2.39. The van der Waals surface area contributed by atoms with E-state index in [9.17, 15) is 0 Å². The maximum atomic E-state index is 6.47. The smallest absolute Gasteiger partial charge is 0.125 e. The predicted octanol–water partition coefficient (Wildman–Crippen LogP) is 4.79. The van der Waals surface area contributed by atoms with Crippen LogP contribution in [0, 0.1) is 5.92 Å². The highest BCUT2D eigenvalue weighted by Gasteiger charge is 2.33. The predicted molar refractivity (Wildman–Crippen MR) is 111 cm³/mol. The van der Waals surface area contributed by atoms with Crippen molar-refractivity contribution in [2.75, 3.05) is 13.2 Å². The molecule has 27 heavy (non-hydrogen) atoms. The average molecular weight is 365 g/mol. The number of nitrogens with zero attached hydrogens (tertiary/aromatic N) is 1. The van der Waals surface area contributed by atoms with Crippen LogP contribution in [-0.4, -0.2) is 18.2 Å². The molecule has 2 heterocycles. The maximum Gasteiger partial charge on any atom is 0.125 e. The molecule has 0 bridgehead atoms. The summed E-state index contributed by atoms with van der Waals surface area (Å²) in [5, 5.41) is 2.05. The Balaban J connectivity index is 1.69. The van der Waals surface area contributed by atoms with Gasteiger partial charge in [-0.05, 0) is 52.8 Å². The molecule has 2 aromatic rings. The van der Waals surface area contributed by atoms with E-state index in [1.165, 1.54) is 28.7 Å². The molecule has 1 fully saturated rings. The topological polar surface area (TPSA) is 38.5 Å². The number of ether oxygens (including phenoxy) is 1. The van der Waals surface area contributed by atoms with Crippen molar-refractivity contribution in [1.82, 2.24) is 5.01 Å². The number of nitrogens with two attached hydrogens (primary N) is 1. The Morgan fingerprint density at radius 1 is 1.15 bits per heavy atom. The van der Waals surface area contributed by atoms with E-state index in [0.29, 0.717) is 5.92 Å². The third kappa shape index (κ3) is 3.76. The molecule has 2 aliphatic rings. The van der Waals surface area contributed by atoms with Gasteiger partial charge in [0.25, 0.3) is 0 Å². The molecule has 2 aliphatic heterocycles. The highest BCUT2D eigenvalue weighted by Crippen LogP contribution is 2.41. The van der Waals surface area contributed by atoms with Crippen LogP contribution in [0.25, 0.3) is 0 Å². The van der Waals surface area contributed by atoms with Crippen molar-refractivity contribution in [3.05, 3.63) is 64.7 Å². The number of rotatable bonds is 3. The van der Waals surface area contributed by atoms with Gasteiger partial charge in [0.05, 0.1) is 12.6 Å². The molecule has 0 saturated carbocycles. The highest BCUT2D eigenvalue weighted by atomic mass is 16.5. The molecule has 0 unspecified atom stereocenters. The SMILES string of the molecule is CC(C)(C)c1cc2c(c(C[C@@H]3CCCN(N)[C@@H]3c3ccccc3)c1)OCC2. The largest absolute Gasteiger partial charge is 0.493 e. The van der Waals surface area contributed by atoms with Gasteiger partial charge >= 0.3 is 0 Å². The second-order valence-electron chi connectivity index (χ2n) is 9.17. The Labute approximate surface area is 163 Å². The first-order valence-corrected chi connectivity index (χ1v) is 10.3. The van der Waals surface area contributed by atoms with Crippen LogP contribution < -0.4 is 10.6 Å². The van der Waals surface area contributed by atoms with Crippen molar-refractivity contribution in [3.63, 3.8) is 0 Å². The summed E-state index contributed by atoms with van der Waals surface area (Å²) in [5.41, 5.74) is 5.65. The zero-order valence-corrected chi connectivity index (χ0v) is 16.9. The van der Waals surface area contributed by atoms with Crippen molar-refractivity contribution in [1.29, 1.82) is 0 Å². The molecule has 0 aliphatic carbocycles. The first-order valence-electron chi connectivity index (χ1n) is 10.3. The van der Waals surface area contributed by atoms with Gasteiger partial charge in [0.15, 0.2) is 0 Å². The number of benzene rings is 2. The Kier molecular flexibility index (Phi) is 5.00. The molecule has 144 valence electrons. The fraction of sp³-hybridized carbons (Fsp3) is 0.500. The summed E-state index contributed by atoms with van der Waals surface area (Å²) in [6.07, 6.45) is 4.43. The molecular formula is C24H32N2O. The first-order chi connectivity index (χ1) is 12.9. The number of piperidine rings is 1. The minimum atomic E-state index is 0.150. The van der Waals surface area contributed by atoms with E-state index in [0.717, 1.165) is 38.2 Å². The highest BCUT2D eigenvalue weighted by molar-refractivity contribution is 5.49. The zero-order chi connectivity index (χ0) is 19.0. The van der Waals surface area contributed by atoms with Gasteiger partial charge in [0.1, 0.15) is 5.75 Å². The van der Waals surface area contributed by atoms with E-state index in [2.05, 4.69) is 68.2 Å². The van der Waals surface area contributed by atoms with Gasteiger partial charge in [-0.15, -0.1) is 0 Å². The van der Waals surface area contributed by atoms with E-state index >= 15 is 0 Å². The van der Waals surface area contributed by atoms with Crippen LogP contribution >= 0.6 is 0 Å². The molecule has 1 saturated heterocycles. The van der Waals surface area contributed by atoms with Gasteiger partial charge in [-0.1, -0.05) is 63.2 Å². The van der Waals surface area contributed by atoms with Gasteiger partial charge < -0.3 is 4.74 Å². The van der Waals surface area contributed by atoms with E-state index in [-0.39, 0.29) is 11.5 Å². The Morgan fingerprint density at radius 3 is 2.67 bits per heavy atom. The fourth-order valence-electron chi connectivity index (χ4n) is 4.69. The van der Waals surface area contributed by atoms with Crippen LogP contribution in [0.3, 0.4) is 0 Å². The minimum absolute atomic E-state index is 0.150. The van der Waals surface area contributed by atoms with Crippen LogP contribution in [-0.2, 0) is 18.3 Å². The Hall–Kier alpha value is -1.84. The van der Waals surface area contributed by atoms with E-state index in [4.69, 9.17) is 10.6 Å². The van der Waals surface area contributed by atoms with Crippen LogP contribution in [0.2, 0.25) is 0 Å². The van der Waals surface area contributed by atoms with E-state index < -0.39 is 0 Å². The van der Waals surface area contributed by atoms with E-state index in [1.807, 2.05) is 0 Å². The normalized spacial score (nSPS) is 23.1. The molecule has 2 N–H and O–H groups in total. The van der Waals surface area contributed by atoms with Crippen molar-refractivity contribution < 1.29 is 4.74 Å². The van der Waals surface area contributed by atoms with Gasteiger partial charge in [0, 0.05) is 13.0 Å². The lowest BCUT2D eigenvalue weighted by Crippen LogP contribution is -2.44. The Morgan fingerprint density at radius 2 is 1.93 bits per heavy atom. The standard InChI is InChI=1S/C24H32N2O/c1-24(2,3)21-15-19-11-13-27-23(19)20(16-21)14-18-10-7-12-26(25)22(18)17-8-5-4-6-9-17/h4-6,8-9,15-16,18,22H,7,10-14,25H2,1-3H3/t18-,22+/m0/s1. The summed E-state index contributed by atoms with van der Waals surface area (Å²) in [4.78, 5) is 0. The molecule has 2 atom stereocenters. The summed E-state index contributed by atoms with van der Waals surface area (Å²) in [7, 11) is 0. The van der Waals surface area contributed by atoms with Crippen LogP contribution in [0.5, 0.6) is 5.75 Å². The minimum Gasteiger partial charge on any atom is -0.493 e. The van der Waals surface area contributed by atoms with Gasteiger partial charge in [-0.3, -0.25) is 5.84 Å². The summed E-state index contributed by atoms with van der Waals surface area (Å²) >= 11 is 0. The molecule has 0 aromatic heterocycles. The van der Waals surface area contributed by atoms with Gasteiger partial charge in [0.2, 0.25) is 0 Å². The molecule has 0 amide bonds. The van der Waals surface area contributed by atoms with Crippen LogP contribution in [0.1, 0.15) is 61.9 Å². The lowest BCUT2D eigenvalue weighted by atomic mass is 9.79. The second kappa shape index (κ2) is 7.29. The molecule has 0 radical (unpaired) electrons. The van der Waals surface area contributed by atoms with Crippen molar-refractivity contribution in [2.45, 2.75) is 57.9 Å². The molecule has 3 heteroatoms. The van der Waals surface area contributed by atoms with Crippen LogP contribution in [0.4, 0.5) is 0 Å². The second-order valence-corrected chi connectivity index (χ2v) is 9.17. The molecular weight excluding hydrogens is 332 g/mol. The molecule has 4 rings (SSSR count). The summed E-state index contributed by atoms with van der Waals surface area (Å²) in [6.45, 7) is 8.66. The zero-order valence-electron chi connectivity index (χ0n) is 16.9. The van der Waals surface area contributed by atoms with Crippen molar-refractivity contribution >= 4 is 0 Å². The van der Waals surface area contributed by atoms with Crippen LogP contribution in [0.15, 0.2) is 42.5 Å². The average Bonchev–Trinajstić information content (AvgIpc) is 3.11. The molecule has 3 nitrogen and oxygen atoms in total. The number of hydrazine groups is 1. The first kappa shape index (κ1) is 18.5. The quantitative estimate of drug-likeness (QED) is 0.796. The Bertz CT molecular complexity index is 794. The van der Waals surface area contributed by atoms with Crippen molar-refractivity contribution in [2.24, 2.45) is 11.8 Å². The van der Waals surface area contributed by atoms with Crippen molar-refractivity contribution in [3.8, 4) is 5.75 Å². The third-order valence-electron chi connectivity index (χ3n) is 6.14. The maximum absolute atomic E-state index is 6.47. The third-order valence-corrected chi connectivity index (χ3v) is 6.14. The number of hydrogen-bond acceptors (Lipinski definition) is 3. The summed E-state index contributed by atoms with van der Waals surface area (Å²) < 4.78 is 6.06. The monoisotopic (exact) mass is 364 g/mol. The van der Waals surface area contributed by atoms with Gasteiger partial charge in [-0.2, -0.15) is 0 Å². The molecule has 0 spiro atoms. The van der Waals surface area contributed by atoms with E-state index in [1.54, 1.807) is 0 Å². The fourth-order valence-corrected chi connectivity index (χ4v) is 4.69. The summed E-state index contributed by atoms with van der Waals surface area (Å²) in [6, 6.07) is 15.8. The number of fused-ring (bicyclic) bond motifs is 1. The lowest BCUT2D eigenvalue weighted by molar-refractivity contribution is 0.0922. The molecule has 2 aromatic carbocycles. The van der Waals surface area contributed by atoms with Gasteiger partial charge in [-0.25, -0.2) is 5.01 Å². The summed E-state index contributed by atoms with van der Waals surface area (Å²) in [5.74, 6) is 8.12. The number of hydrogen-bond donors (Lipinski definition) is 1.